The van der Waals surface area contributed by atoms with Crippen LogP contribution in [0, 0.1) is 6.92 Å². The van der Waals surface area contributed by atoms with Crippen LogP contribution in [0.3, 0.4) is 0 Å². The predicted octanol–water partition coefficient (Wildman–Crippen LogP) is 2.91. The average molecular weight is 374 g/mol. The van der Waals surface area contributed by atoms with Crippen molar-refractivity contribution in [3.8, 4) is 10.6 Å². The number of amides is 1. The Morgan fingerprint density at radius 2 is 1.88 bits per heavy atom. The molecule has 1 saturated heterocycles. The Bertz CT molecular complexity index is 777. The number of hydrogen-bond donors (Lipinski definition) is 0. The number of morpholine rings is 1. The highest BCUT2D eigenvalue weighted by Gasteiger charge is 2.26. The second-order valence-corrected chi connectivity index (χ2v) is 7.39. The summed E-state index contributed by atoms with van der Waals surface area (Å²) in [6.45, 7) is 6.59. The fourth-order valence-corrected chi connectivity index (χ4v) is 3.67. The molecule has 2 heterocycles. The first-order valence-corrected chi connectivity index (χ1v) is 9.43. The molecule has 2 atom stereocenters. The summed E-state index contributed by atoms with van der Waals surface area (Å²) < 4.78 is 10.8. The minimum absolute atomic E-state index is 0.0194. The largest absolute Gasteiger partial charge is 0.451 e. The maximum Gasteiger partial charge on any atom is 0.358 e. The van der Waals surface area contributed by atoms with Crippen molar-refractivity contribution in [1.82, 2.24) is 9.88 Å². The predicted molar refractivity (Wildman–Crippen MR) is 99.2 cm³/mol. The Morgan fingerprint density at radius 3 is 2.54 bits per heavy atom. The Morgan fingerprint density at radius 1 is 1.23 bits per heavy atom. The molecule has 6 nitrogen and oxygen atoms in total. The van der Waals surface area contributed by atoms with Crippen molar-refractivity contribution in [2.45, 2.75) is 33.0 Å². The molecule has 0 radical (unpaired) electrons. The van der Waals surface area contributed by atoms with E-state index in [4.69, 9.17) is 9.47 Å². The van der Waals surface area contributed by atoms with E-state index >= 15 is 0 Å². The van der Waals surface area contributed by atoms with Crippen molar-refractivity contribution in [3.63, 3.8) is 0 Å². The maximum atomic E-state index is 12.3. The van der Waals surface area contributed by atoms with Gasteiger partial charge in [0.15, 0.2) is 12.3 Å². The van der Waals surface area contributed by atoms with Crippen LogP contribution in [0.15, 0.2) is 29.6 Å². The van der Waals surface area contributed by atoms with Crippen LogP contribution in [-0.4, -0.2) is 53.7 Å². The van der Waals surface area contributed by atoms with E-state index in [0.29, 0.717) is 13.1 Å². The number of aromatic nitrogens is 1. The van der Waals surface area contributed by atoms with E-state index in [1.807, 2.05) is 45.0 Å². The fourth-order valence-electron chi connectivity index (χ4n) is 2.87. The van der Waals surface area contributed by atoms with E-state index < -0.39 is 5.97 Å². The monoisotopic (exact) mass is 374 g/mol. The number of carbonyl (C=O) groups excluding carboxylic acids is 2. The van der Waals surface area contributed by atoms with Crippen LogP contribution >= 0.6 is 11.3 Å². The molecule has 1 aromatic heterocycles. The van der Waals surface area contributed by atoms with E-state index in [1.54, 1.807) is 10.3 Å². The van der Waals surface area contributed by atoms with Crippen molar-refractivity contribution in [3.05, 3.63) is 40.9 Å². The molecule has 1 amide bonds. The molecular weight excluding hydrogens is 352 g/mol. The van der Waals surface area contributed by atoms with Gasteiger partial charge in [0.25, 0.3) is 5.91 Å². The van der Waals surface area contributed by atoms with E-state index in [2.05, 4.69) is 4.98 Å². The summed E-state index contributed by atoms with van der Waals surface area (Å²) >= 11 is 1.38. The zero-order chi connectivity index (χ0) is 18.7. The molecule has 1 aliphatic heterocycles. The van der Waals surface area contributed by atoms with E-state index in [1.165, 1.54) is 11.3 Å². The summed E-state index contributed by atoms with van der Waals surface area (Å²) in [6, 6.07) is 7.93. The number of nitrogens with zero attached hydrogens (tertiary/aromatic N) is 2. The molecule has 0 saturated carbocycles. The van der Waals surface area contributed by atoms with Gasteiger partial charge in [0.2, 0.25) is 0 Å². The zero-order valence-corrected chi connectivity index (χ0v) is 15.9. The van der Waals surface area contributed by atoms with Crippen LogP contribution in [0.1, 0.15) is 29.9 Å². The molecule has 0 unspecified atom stereocenters. The summed E-state index contributed by atoms with van der Waals surface area (Å²) in [5.41, 5.74) is 2.34. The first kappa shape index (κ1) is 18.5. The summed E-state index contributed by atoms with van der Waals surface area (Å²) in [5, 5.41) is 2.40. The van der Waals surface area contributed by atoms with Crippen molar-refractivity contribution in [1.29, 1.82) is 0 Å². The Labute approximate surface area is 156 Å². The zero-order valence-electron chi connectivity index (χ0n) is 15.1. The number of ether oxygens (including phenoxy) is 2. The first-order chi connectivity index (χ1) is 12.4. The van der Waals surface area contributed by atoms with Crippen molar-refractivity contribution in [2.24, 2.45) is 0 Å². The van der Waals surface area contributed by atoms with E-state index in [9.17, 15) is 9.59 Å². The highest BCUT2D eigenvalue weighted by Crippen LogP contribution is 2.24. The maximum absolute atomic E-state index is 12.3. The van der Waals surface area contributed by atoms with Gasteiger partial charge >= 0.3 is 5.97 Å². The molecule has 1 aromatic carbocycles. The third-order valence-electron chi connectivity index (χ3n) is 4.11. The highest BCUT2D eigenvalue weighted by molar-refractivity contribution is 7.13. The number of rotatable bonds is 4. The van der Waals surface area contributed by atoms with Crippen LogP contribution in [0.2, 0.25) is 0 Å². The molecule has 2 aromatic rings. The quantitative estimate of drug-likeness (QED) is 0.770. The number of benzene rings is 1. The van der Waals surface area contributed by atoms with Gasteiger partial charge in [-0.05, 0) is 20.8 Å². The molecule has 1 fully saturated rings. The SMILES string of the molecule is Cc1ccc(-c2nc(C(=O)OCC(=O)N3C[C@@H](C)O[C@H](C)C3)cs2)cc1. The molecule has 7 heteroatoms. The van der Waals surface area contributed by atoms with Gasteiger partial charge in [-0.2, -0.15) is 0 Å². The minimum atomic E-state index is -0.581. The molecule has 0 aliphatic carbocycles. The van der Waals surface area contributed by atoms with Crippen LogP contribution in [0.4, 0.5) is 0 Å². The number of aryl methyl sites for hydroxylation is 1. The lowest BCUT2D eigenvalue weighted by Gasteiger charge is -2.35. The lowest BCUT2D eigenvalue weighted by Crippen LogP contribution is -2.49. The minimum Gasteiger partial charge on any atom is -0.451 e. The van der Waals surface area contributed by atoms with Gasteiger partial charge in [0.1, 0.15) is 5.01 Å². The number of thiazole rings is 1. The standard InChI is InChI=1S/C19H22N2O4S/c1-12-4-6-15(7-5-12)18-20-16(11-26-18)19(23)24-10-17(22)21-8-13(2)25-14(3)9-21/h4-7,11,13-14H,8-10H2,1-3H3/t13-,14-/m1/s1. The number of carbonyl (C=O) groups is 2. The second kappa shape index (κ2) is 7.97. The Hall–Kier alpha value is -2.25. The van der Waals surface area contributed by atoms with Gasteiger partial charge in [0, 0.05) is 24.0 Å². The van der Waals surface area contributed by atoms with Crippen molar-refractivity contribution < 1.29 is 19.1 Å². The molecule has 0 N–H and O–H groups in total. The third kappa shape index (κ3) is 4.47. The molecule has 1 aliphatic rings. The average Bonchev–Trinajstić information content (AvgIpc) is 3.09. The third-order valence-corrected chi connectivity index (χ3v) is 5.00. The first-order valence-electron chi connectivity index (χ1n) is 8.55. The lowest BCUT2D eigenvalue weighted by atomic mass is 10.2. The second-order valence-electron chi connectivity index (χ2n) is 6.54. The smallest absolute Gasteiger partial charge is 0.358 e. The molecule has 3 rings (SSSR count). The molecular formula is C19H22N2O4S. The van der Waals surface area contributed by atoms with Gasteiger partial charge < -0.3 is 14.4 Å². The van der Waals surface area contributed by atoms with Gasteiger partial charge in [-0.15, -0.1) is 11.3 Å². The summed E-state index contributed by atoms with van der Waals surface area (Å²) in [4.78, 5) is 30.4. The highest BCUT2D eigenvalue weighted by atomic mass is 32.1. The lowest BCUT2D eigenvalue weighted by molar-refractivity contribution is -0.146. The Balaban J connectivity index is 1.57. The van der Waals surface area contributed by atoms with Crippen LogP contribution in [0.25, 0.3) is 10.6 Å². The van der Waals surface area contributed by atoms with Crippen LogP contribution in [0.5, 0.6) is 0 Å². The Kier molecular flexibility index (Phi) is 5.68. The summed E-state index contributed by atoms with van der Waals surface area (Å²) in [5.74, 6) is -0.795. The van der Waals surface area contributed by atoms with Gasteiger partial charge in [-0.25, -0.2) is 9.78 Å². The fraction of sp³-hybridized carbons (Fsp3) is 0.421. The topological polar surface area (TPSA) is 68.7 Å². The van der Waals surface area contributed by atoms with Crippen LogP contribution < -0.4 is 0 Å². The van der Waals surface area contributed by atoms with Crippen LogP contribution in [-0.2, 0) is 14.3 Å². The van der Waals surface area contributed by atoms with E-state index in [0.717, 1.165) is 16.1 Å². The van der Waals surface area contributed by atoms with Crippen molar-refractivity contribution >= 4 is 23.2 Å². The number of esters is 1. The summed E-state index contributed by atoms with van der Waals surface area (Å²) in [6.07, 6.45) is -0.0389. The van der Waals surface area contributed by atoms with E-state index in [-0.39, 0.29) is 30.4 Å². The molecule has 0 bridgehead atoms. The molecule has 138 valence electrons. The molecule has 0 spiro atoms. The summed E-state index contributed by atoms with van der Waals surface area (Å²) in [7, 11) is 0. The number of hydrogen-bond acceptors (Lipinski definition) is 6. The van der Waals surface area contributed by atoms with Crippen molar-refractivity contribution in [2.75, 3.05) is 19.7 Å². The van der Waals surface area contributed by atoms with Gasteiger partial charge in [-0.1, -0.05) is 29.8 Å². The van der Waals surface area contributed by atoms with Gasteiger partial charge in [0.05, 0.1) is 12.2 Å². The normalized spacial score (nSPS) is 20.0. The van der Waals surface area contributed by atoms with Gasteiger partial charge in [-0.3, -0.25) is 4.79 Å². The molecule has 26 heavy (non-hydrogen) atoms.